The summed E-state index contributed by atoms with van der Waals surface area (Å²) in [4.78, 5) is 4.51. The molecule has 0 bridgehead atoms. The number of benzene rings is 1. The second-order valence-electron chi connectivity index (χ2n) is 6.53. The maximum absolute atomic E-state index is 14.2. The lowest BCUT2D eigenvalue weighted by molar-refractivity contribution is 0.128. The van der Waals surface area contributed by atoms with Crippen molar-refractivity contribution in [2.45, 2.75) is 39.3 Å². The van der Waals surface area contributed by atoms with Crippen molar-refractivity contribution in [2.75, 3.05) is 31.1 Å². The van der Waals surface area contributed by atoms with Crippen LogP contribution in [0.15, 0.2) is 18.2 Å². The molecule has 1 heterocycles. The Morgan fingerprint density at radius 3 is 2.20 bits per heavy atom. The Morgan fingerprint density at radius 2 is 1.75 bits per heavy atom. The fourth-order valence-electron chi connectivity index (χ4n) is 2.66. The summed E-state index contributed by atoms with van der Waals surface area (Å²) in [5.74, 6) is -0.243. The van der Waals surface area contributed by atoms with Crippen molar-refractivity contribution in [3.05, 3.63) is 29.6 Å². The first-order valence-electron chi connectivity index (χ1n) is 7.26. The summed E-state index contributed by atoms with van der Waals surface area (Å²) in [6.45, 7) is 11.8. The average molecular weight is 280 g/mol. The summed E-state index contributed by atoms with van der Waals surface area (Å²) in [5, 5.41) is 9.49. The minimum absolute atomic E-state index is 0.167. The fraction of sp³-hybridized carbons (Fsp3) is 0.625. The van der Waals surface area contributed by atoms with Crippen LogP contribution in [-0.2, 0) is 0 Å². The summed E-state index contributed by atoms with van der Waals surface area (Å²) in [5.41, 5.74) is 1.43. The Labute approximate surface area is 121 Å². The van der Waals surface area contributed by atoms with E-state index >= 15 is 0 Å². The summed E-state index contributed by atoms with van der Waals surface area (Å²) >= 11 is 0. The van der Waals surface area contributed by atoms with Gasteiger partial charge in [-0.25, -0.2) is 4.39 Å². The van der Waals surface area contributed by atoms with E-state index in [9.17, 15) is 9.50 Å². The first kappa shape index (κ1) is 15.3. The third kappa shape index (κ3) is 3.30. The molecule has 1 aromatic carbocycles. The van der Waals surface area contributed by atoms with Gasteiger partial charge in [0.2, 0.25) is 0 Å². The highest BCUT2D eigenvalue weighted by molar-refractivity contribution is 5.50. The maximum Gasteiger partial charge on any atom is 0.146 e. The van der Waals surface area contributed by atoms with Gasteiger partial charge in [0.1, 0.15) is 5.82 Å². The van der Waals surface area contributed by atoms with Crippen LogP contribution < -0.4 is 4.90 Å². The molecule has 1 unspecified atom stereocenters. The summed E-state index contributed by atoms with van der Waals surface area (Å²) < 4.78 is 14.2. The molecule has 0 spiro atoms. The highest BCUT2D eigenvalue weighted by Crippen LogP contribution is 2.25. The number of aliphatic hydroxyl groups excluding tert-OH is 1. The standard InChI is InChI=1S/C16H25FN2O/c1-12(20)13-5-6-15(14(17)11-13)18-7-9-19(10-8-18)16(2,3)4/h5-6,11-12,20H,7-10H2,1-4H3. The number of anilines is 1. The first-order valence-corrected chi connectivity index (χ1v) is 7.26. The van der Waals surface area contributed by atoms with Gasteiger partial charge in [-0.05, 0) is 45.4 Å². The smallest absolute Gasteiger partial charge is 0.146 e. The van der Waals surface area contributed by atoms with Gasteiger partial charge < -0.3 is 10.0 Å². The molecule has 1 aliphatic heterocycles. The van der Waals surface area contributed by atoms with E-state index in [-0.39, 0.29) is 11.4 Å². The van der Waals surface area contributed by atoms with E-state index < -0.39 is 6.10 Å². The van der Waals surface area contributed by atoms with Crippen molar-refractivity contribution in [1.29, 1.82) is 0 Å². The number of rotatable bonds is 2. The largest absolute Gasteiger partial charge is 0.389 e. The number of aliphatic hydroxyl groups is 1. The topological polar surface area (TPSA) is 26.7 Å². The number of halogens is 1. The van der Waals surface area contributed by atoms with Gasteiger partial charge in [0.05, 0.1) is 11.8 Å². The molecular formula is C16H25FN2O. The quantitative estimate of drug-likeness (QED) is 0.902. The van der Waals surface area contributed by atoms with Crippen molar-refractivity contribution >= 4 is 5.69 Å². The van der Waals surface area contributed by atoms with Gasteiger partial charge in [0.15, 0.2) is 0 Å². The Bertz CT molecular complexity index is 460. The van der Waals surface area contributed by atoms with E-state index in [4.69, 9.17) is 0 Å². The molecule has 2 rings (SSSR count). The van der Waals surface area contributed by atoms with Crippen LogP contribution in [0.1, 0.15) is 39.4 Å². The van der Waals surface area contributed by atoms with Gasteiger partial charge in [0, 0.05) is 31.7 Å². The molecular weight excluding hydrogens is 255 g/mol. The van der Waals surface area contributed by atoms with E-state index in [1.807, 2.05) is 0 Å². The number of hydrogen-bond acceptors (Lipinski definition) is 3. The molecule has 1 aromatic rings. The van der Waals surface area contributed by atoms with Gasteiger partial charge in [0.25, 0.3) is 0 Å². The molecule has 1 aliphatic rings. The van der Waals surface area contributed by atoms with Crippen molar-refractivity contribution in [1.82, 2.24) is 4.90 Å². The van der Waals surface area contributed by atoms with Crippen LogP contribution in [-0.4, -0.2) is 41.7 Å². The molecule has 0 radical (unpaired) electrons. The highest BCUT2D eigenvalue weighted by Gasteiger charge is 2.26. The molecule has 1 saturated heterocycles. The zero-order valence-electron chi connectivity index (χ0n) is 12.9. The molecule has 1 N–H and O–H groups in total. The minimum atomic E-state index is -0.628. The molecule has 0 aromatic heterocycles. The van der Waals surface area contributed by atoms with Gasteiger partial charge in [-0.15, -0.1) is 0 Å². The van der Waals surface area contributed by atoms with Crippen molar-refractivity contribution in [2.24, 2.45) is 0 Å². The van der Waals surface area contributed by atoms with Crippen LogP contribution in [0.5, 0.6) is 0 Å². The van der Waals surface area contributed by atoms with Crippen molar-refractivity contribution in [3.63, 3.8) is 0 Å². The first-order chi connectivity index (χ1) is 9.29. The zero-order valence-corrected chi connectivity index (χ0v) is 12.9. The van der Waals surface area contributed by atoms with Crippen LogP contribution in [0.2, 0.25) is 0 Å². The van der Waals surface area contributed by atoms with E-state index in [0.717, 1.165) is 26.2 Å². The molecule has 1 atom stereocenters. The third-order valence-corrected chi connectivity index (χ3v) is 4.02. The van der Waals surface area contributed by atoms with Gasteiger partial charge in [-0.1, -0.05) is 6.07 Å². The SMILES string of the molecule is CC(O)c1ccc(N2CCN(C(C)(C)C)CC2)c(F)c1. The Balaban J connectivity index is 2.07. The second-order valence-corrected chi connectivity index (χ2v) is 6.53. The molecule has 4 heteroatoms. The van der Waals surface area contributed by atoms with E-state index in [1.165, 1.54) is 6.07 Å². The van der Waals surface area contributed by atoms with Gasteiger partial charge >= 0.3 is 0 Å². The van der Waals surface area contributed by atoms with Gasteiger partial charge in [-0.3, -0.25) is 4.90 Å². The third-order valence-electron chi connectivity index (χ3n) is 4.02. The molecule has 1 fully saturated rings. The summed E-state index contributed by atoms with van der Waals surface area (Å²) in [6.07, 6.45) is -0.628. The molecule has 0 amide bonds. The maximum atomic E-state index is 14.2. The zero-order chi connectivity index (χ0) is 14.9. The molecule has 112 valence electrons. The number of hydrogen-bond donors (Lipinski definition) is 1. The lowest BCUT2D eigenvalue weighted by atomic mass is 10.0. The van der Waals surface area contributed by atoms with Crippen LogP contribution in [0.25, 0.3) is 0 Å². The monoisotopic (exact) mass is 280 g/mol. The number of nitrogens with zero attached hydrogens (tertiary/aromatic N) is 2. The average Bonchev–Trinajstić information content (AvgIpc) is 2.37. The Kier molecular flexibility index (Phi) is 4.35. The summed E-state index contributed by atoms with van der Waals surface area (Å²) in [6, 6.07) is 5.03. The minimum Gasteiger partial charge on any atom is -0.389 e. The van der Waals surface area contributed by atoms with E-state index in [1.54, 1.807) is 19.1 Å². The van der Waals surface area contributed by atoms with Crippen LogP contribution in [0.3, 0.4) is 0 Å². The molecule has 0 saturated carbocycles. The predicted octanol–water partition coefficient (Wildman–Crippen LogP) is 2.80. The van der Waals surface area contributed by atoms with Crippen LogP contribution >= 0.6 is 0 Å². The van der Waals surface area contributed by atoms with Crippen molar-refractivity contribution < 1.29 is 9.50 Å². The highest BCUT2D eigenvalue weighted by atomic mass is 19.1. The molecule has 3 nitrogen and oxygen atoms in total. The van der Waals surface area contributed by atoms with E-state index in [2.05, 4.69) is 30.6 Å². The second kappa shape index (κ2) is 5.70. The Morgan fingerprint density at radius 1 is 1.15 bits per heavy atom. The normalized spacial score (nSPS) is 19.2. The fourth-order valence-corrected chi connectivity index (χ4v) is 2.66. The van der Waals surface area contributed by atoms with Gasteiger partial charge in [-0.2, -0.15) is 0 Å². The Hall–Kier alpha value is -1.13. The molecule has 0 aliphatic carbocycles. The van der Waals surface area contributed by atoms with Crippen LogP contribution in [0, 0.1) is 5.82 Å². The lowest BCUT2D eigenvalue weighted by Crippen LogP contribution is -2.53. The number of piperazine rings is 1. The summed E-state index contributed by atoms with van der Waals surface area (Å²) in [7, 11) is 0. The van der Waals surface area contributed by atoms with Crippen LogP contribution in [0.4, 0.5) is 10.1 Å². The molecule has 20 heavy (non-hydrogen) atoms. The lowest BCUT2D eigenvalue weighted by Gasteiger charge is -2.43. The predicted molar refractivity (Wildman–Crippen MR) is 80.6 cm³/mol. The van der Waals surface area contributed by atoms with Crippen molar-refractivity contribution in [3.8, 4) is 0 Å². The van der Waals surface area contributed by atoms with E-state index in [0.29, 0.717) is 11.3 Å².